The predicted octanol–water partition coefficient (Wildman–Crippen LogP) is 0.349. The van der Waals surface area contributed by atoms with Gasteiger partial charge in [0.15, 0.2) is 0 Å². The summed E-state index contributed by atoms with van der Waals surface area (Å²) < 4.78 is 4.90. The monoisotopic (exact) mass is 233 g/mol. The van der Waals surface area contributed by atoms with Crippen LogP contribution in [0.25, 0.3) is 0 Å². The number of ether oxygens (including phenoxy) is 1. The van der Waals surface area contributed by atoms with Crippen molar-refractivity contribution in [2.75, 3.05) is 38.3 Å². The lowest BCUT2D eigenvalue weighted by molar-refractivity contribution is -0.131. The number of thioether (sulfide) groups is 1. The lowest BCUT2D eigenvalue weighted by Gasteiger charge is -2.30. The van der Waals surface area contributed by atoms with E-state index in [4.69, 9.17) is 4.74 Å². The second-order valence-electron chi connectivity index (χ2n) is 3.68. The van der Waals surface area contributed by atoms with Crippen LogP contribution in [0.2, 0.25) is 0 Å². The van der Waals surface area contributed by atoms with Crippen molar-refractivity contribution in [2.45, 2.75) is 18.9 Å². The smallest absolute Gasteiger partial charge is 0.232 e. The number of rotatable bonds is 5. The minimum absolute atomic E-state index is 0.134. The SMILES string of the molecule is COCCSCC(=O)N1CCCC(O)C1. The van der Waals surface area contributed by atoms with E-state index in [0.29, 0.717) is 18.9 Å². The van der Waals surface area contributed by atoms with Crippen molar-refractivity contribution in [3.8, 4) is 0 Å². The van der Waals surface area contributed by atoms with Gasteiger partial charge in [-0.2, -0.15) is 0 Å². The Morgan fingerprint density at radius 3 is 3.13 bits per heavy atom. The Kier molecular flexibility index (Phi) is 6.05. The Balaban J connectivity index is 2.15. The summed E-state index contributed by atoms with van der Waals surface area (Å²) in [6.07, 6.45) is 1.41. The van der Waals surface area contributed by atoms with Gasteiger partial charge < -0.3 is 14.7 Å². The molecule has 1 rings (SSSR count). The highest BCUT2D eigenvalue weighted by atomic mass is 32.2. The maximum Gasteiger partial charge on any atom is 0.232 e. The van der Waals surface area contributed by atoms with Gasteiger partial charge in [0.25, 0.3) is 0 Å². The summed E-state index contributed by atoms with van der Waals surface area (Å²) in [5.74, 6) is 1.48. The summed E-state index contributed by atoms with van der Waals surface area (Å²) in [6, 6.07) is 0. The van der Waals surface area contributed by atoms with Gasteiger partial charge in [-0.15, -0.1) is 11.8 Å². The van der Waals surface area contributed by atoms with Crippen LogP contribution < -0.4 is 0 Å². The van der Waals surface area contributed by atoms with E-state index in [9.17, 15) is 9.90 Å². The summed E-state index contributed by atoms with van der Waals surface area (Å²) in [5, 5.41) is 9.42. The van der Waals surface area contributed by atoms with E-state index in [2.05, 4.69) is 0 Å². The number of carbonyl (C=O) groups is 1. The molecule has 1 heterocycles. The summed E-state index contributed by atoms with van der Waals surface area (Å²) in [4.78, 5) is 13.4. The van der Waals surface area contributed by atoms with Crippen molar-refractivity contribution in [3.63, 3.8) is 0 Å². The van der Waals surface area contributed by atoms with E-state index in [1.807, 2.05) is 0 Å². The second-order valence-corrected chi connectivity index (χ2v) is 4.79. The number of hydrogen-bond acceptors (Lipinski definition) is 4. The van der Waals surface area contributed by atoms with E-state index in [1.165, 1.54) is 0 Å². The first kappa shape index (κ1) is 12.8. The third kappa shape index (κ3) is 4.86. The van der Waals surface area contributed by atoms with Crippen LogP contribution in [0.4, 0.5) is 0 Å². The molecule has 0 saturated carbocycles. The highest BCUT2D eigenvalue weighted by Crippen LogP contribution is 2.11. The number of amides is 1. The van der Waals surface area contributed by atoms with Crippen molar-refractivity contribution < 1.29 is 14.6 Å². The fourth-order valence-corrected chi connectivity index (χ4v) is 2.36. The number of carbonyl (C=O) groups excluding carboxylic acids is 1. The summed E-state index contributed by atoms with van der Waals surface area (Å²) in [5.41, 5.74) is 0. The number of hydrogen-bond donors (Lipinski definition) is 1. The Morgan fingerprint density at radius 1 is 1.67 bits per heavy atom. The second kappa shape index (κ2) is 7.09. The van der Waals surface area contributed by atoms with Crippen LogP contribution in [0.1, 0.15) is 12.8 Å². The molecular formula is C10H19NO3S. The molecular weight excluding hydrogens is 214 g/mol. The maximum absolute atomic E-state index is 11.7. The molecule has 1 N–H and O–H groups in total. The number of β-amino-alcohol motifs (C(OH)–C–C–N with tert-alkyl or cyclic N) is 1. The molecule has 0 aromatic rings. The average Bonchev–Trinajstić information content (AvgIpc) is 2.24. The molecule has 1 atom stereocenters. The van der Waals surface area contributed by atoms with E-state index in [0.717, 1.165) is 25.1 Å². The molecule has 88 valence electrons. The molecule has 0 radical (unpaired) electrons. The molecule has 1 unspecified atom stereocenters. The minimum atomic E-state index is -0.327. The minimum Gasteiger partial charge on any atom is -0.391 e. The van der Waals surface area contributed by atoms with Gasteiger partial charge in [0.2, 0.25) is 5.91 Å². The Hall–Kier alpha value is -0.260. The highest BCUT2D eigenvalue weighted by molar-refractivity contribution is 7.99. The third-order valence-electron chi connectivity index (χ3n) is 2.41. The van der Waals surface area contributed by atoms with Crippen molar-refractivity contribution in [1.29, 1.82) is 0 Å². The topological polar surface area (TPSA) is 49.8 Å². The largest absolute Gasteiger partial charge is 0.391 e. The van der Waals surface area contributed by atoms with Gasteiger partial charge in [0, 0.05) is 26.0 Å². The van der Waals surface area contributed by atoms with E-state index >= 15 is 0 Å². The van der Waals surface area contributed by atoms with Gasteiger partial charge in [-0.05, 0) is 12.8 Å². The number of likely N-dealkylation sites (tertiary alicyclic amines) is 1. The van der Waals surface area contributed by atoms with E-state index in [1.54, 1.807) is 23.8 Å². The third-order valence-corrected chi connectivity index (χ3v) is 3.31. The standard InChI is InChI=1S/C10H19NO3S/c1-14-5-6-15-8-10(13)11-4-2-3-9(12)7-11/h9,12H,2-8H2,1H3. The first-order valence-electron chi connectivity index (χ1n) is 5.26. The van der Waals surface area contributed by atoms with Crippen molar-refractivity contribution in [1.82, 2.24) is 4.90 Å². The molecule has 1 amide bonds. The first-order chi connectivity index (χ1) is 7.24. The van der Waals surface area contributed by atoms with Gasteiger partial charge >= 0.3 is 0 Å². The molecule has 1 aliphatic heterocycles. The van der Waals surface area contributed by atoms with Crippen molar-refractivity contribution in [2.24, 2.45) is 0 Å². The fourth-order valence-electron chi connectivity index (χ4n) is 1.57. The van der Waals surface area contributed by atoms with Crippen LogP contribution in [-0.2, 0) is 9.53 Å². The maximum atomic E-state index is 11.7. The number of aliphatic hydroxyl groups excluding tert-OH is 1. The van der Waals surface area contributed by atoms with Crippen LogP contribution in [0.3, 0.4) is 0 Å². The normalized spacial score (nSPS) is 21.7. The first-order valence-corrected chi connectivity index (χ1v) is 6.42. The summed E-state index contributed by atoms with van der Waals surface area (Å²) in [6.45, 7) is 1.98. The average molecular weight is 233 g/mol. The number of methoxy groups -OCH3 is 1. The van der Waals surface area contributed by atoms with Gasteiger partial charge in [-0.3, -0.25) is 4.79 Å². The van der Waals surface area contributed by atoms with E-state index < -0.39 is 0 Å². The van der Waals surface area contributed by atoms with Gasteiger partial charge in [0.05, 0.1) is 18.5 Å². The molecule has 0 aromatic carbocycles. The quantitative estimate of drug-likeness (QED) is 0.696. The zero-order chi connectivity index (χ0) is 11.1. The van der Waals surface area contributed by atoms with Crippen LogP contribution in [0.15, 0.2) is 0 Å². The molecule has 1 fully saturated rings. The van der Waals surface area contributed by atoms with Crippen LogP contribution in [0, 0.1) is 0 Å². The van der Waals surface area contributed by atoms with Gasteiger partial charge in [0.1, 0.15) is 0 Å². The molecule has 5 heteroatoms. The lowest BCUT2D eigenvalue weighted by atomic mass is 10.1. The van der Waals surface area contributed by atoms with E-state index in [-0.39, 0.29) is 12.0 Å². The molecule has 0 aromatic heterocycles. The fraction of sp³-hybridized carbons (Fsp3) is 0.900. The summed E-state index contributed by atoms with van der Waals surface area (Å²) in [7, 11) is 1.66. The lowest BCUT2D eigenvalue weighted by Crippen LogP contribution is -2.43. The Labute approximate surface area is 95.0 Å². The van der Waals surface area contributed by atoms with Gasteiger partial charge in [-0.1, -0.05) is 0 Å². The van der Waals surface area contributed by atoms with Crippen LogP contribution in [-0.4, -0.2) is 60.3 Å². The Bertz CT molecular complexity index is 201. The summed E-state index contributed by atoms with van der Waals surface area (Å²) >= 11 is 1.58. The number of nitrogens with zero attached hydrogens (tertiary/aromatic N) is 1. The van der Waals surface area contributed by atoms with Crippen molar-refractivity contribution in [3.05, 3.63) is 0 Å². The molecule has 15 heavy (non-hydrogen) atoms. The zero-order valence-electron chi connectivity index (χ0n) is 9.15. The highest BCUT2D eigenvalue weighted by Gasteiger charge is 2.21. The number of aliphatic hydroxyl groups is 1. The number of piperidine rings is 1. The van der Waals surface area contributed by atoms with Crippen LogP contribution in [0.5, 0.6) is 0 Å². The molecule has 0 bridgehead atoms. The van der Waals surface area contributed by atoms with Crippen LogP contribution >= 0.6 is 11.8 Å². The zero-order valence-corrected chi connectivity index (χ0v) is 9.96. The molecule has 1 aliphatic rings. The molecule has 1 saturated heterocycles. The van der Waals surface area contributed by atoms with Gasteiger partial charge in [-0.25, -0.2) is 0 Å². The molecule has 4 nitrogen and oxygen atoms in total. The Morgan fingerprint density at radius 2 is 2.47 bits per heavy atom. The molecule has 0 aliphatic carbocycles. The molecule has 0 spiro atoms. The predicted molar refractivity (Wildman–Crippen MR) is 61.0 cm³/mol. The van der Waals surface area contributed by atoms with Crippen molar-refractivity contribution >= 4 is 17.7 Å².